The first-order valence-corrected chi connectivity index (χ1v) is 6.61. The van der Waals surface area contributed by atoms with Crippen LogP contribution in [0.15, 0.2) is 42.9 Å². The first kappa shape index (κ1) is 13.4. The van der Waals surface area contributed by atoms with Crippen molar-refractivity contribution in [3.8, 4) is 5.69 Å². The Labute approximate surface area is 121 Å². The van der Waals surface area contributed by atoms with Gasteiger partial charge in [-0.2, -0.15) is 0 Å². The van der Waals surface area contributed by atoms with Gasteiger partial charge in [0.25, 0.3) is 0 Å². The van der Waals surface area contributed by atoms with Gasteiger partial charge in [-0.25, -0.2) is 14.2 Å². The van der Waals surface area contributed by atoms with E-state index < -0.39 is 6.09 Å². The Morgan fingerprint density at radius 2 is 2.14 bits per heavy atom. The third-order valence-corrected chi connectivity index (χ3v) is 3.52. The van der Waals surface area contributed by atoms with Gasteiger partial charge >= 0.3 is 6.09 Å². The number of nitrogens with zero attached hydrogens (tertiary/aromatic N) is 3. The predicted octanol–water partition coefficient (Wildman–Crippen LogP) is 2.78. The van der Waals surface area contributed by atoms with Gasteiger partial charge in [-0.3, -0.25) is 0 Å². The molecular formula is C15H14FN3O2. The Kier molecular flexibility index (Phi) is 3.43. The van der Waals surface area contributed by atoms with Crippen molar-refractivity contribution in [1.82, 2.24) is 14.5 Å². The average Bonchev–Trinajstić information content (AvgIpc) is 2.97. The van der Waals surface area contributed by atoms with Crippen LogP contribution in [0.25, 0.3) is 11.3 Å². The van der Waals surface area contributed by atoms with Gasteiger partial charge in [-0.1, -0.05) is 18.2 Å². The van der Waals surface area contributed by atoms with Crippen molar-refractivity contribution in [3.05, 3.63) is 54.4 Å². The van der Waals surface area contributed by atoms with Crippen molar-refractivity contribution in [2.75, 3.05) is 13.1 Å². The van der Waals surface area contributed by atoms with Crippen LogP contribution in [0.1, 0.15) is 12.1 Å². The molecule has 21 heavy (non-hydrogen) atoms. The molecule has 0 aliphatic carbocycles. The molecule has 0 bridgehead atoms. The van der Waals surface area contributed by atoms with Gasteiger partial charge in [0.1, 0.15) is 5.82 Å². The molecule has 3 rings (SSSR count). The van der Waals surface area contributed by atoms with Crippen molar-refractivity contribution < 1.29 is 14.3 Å². The number of aromatic nitrogens is 2. The van der Waals surface area contributed by atoms with E-state index in [2.05, 4.69) is 4.98 Å². The molecule has 1 aliphatic rings. The van der Waals surface area contributed by atoms with E-state index >= 15 is 0 Å². The summed E-state index contributed by atoms with van der Waals surface area (Å²) in [6.07, 6.45) is 4.88. The summed E-state index contributed by atoms with van der Waals surface area (Å²) in [5, 5.41) is 8.91. The van der Waals surface area contributed by atoms with Gasteiger partial charge in [0, 0.05) is 19.3 Å². The Morgan fingerprint density at radius 3 is 2.81 bits per heavy atom. The number of benzene rings is 1. The van der Waals surface area contributed by atoms with Crippen LogP contribution in [0.5, 0.6) is 0 Å². The molecule has 1 aromatic carbocycles. The number of rotatable bonds is 2. The highest BCUT2D eigenvalue weighted by atomic mass is 19.1. The van der Waals surface area contributed by atoms with E-state index in [0.717, 1.165) is 11.3 Å². The Bertz CT molecular complexity index is 708. The average molecular weight is 287 g/mol. The Hall–Kier alpha value is -2.63. The zero-order valence-electron chi connectivity index (χ0n) is 11.2. The number of amides is 1. The van der Waals surface area contributed by atoms with Crippen molar-refractivity contribution >= 4 is 11.7 Å². The molecule has 6 heteroatoms. The molecule has 0 atom stereocenters. The molecule has 108 valence electrons. The summed E-state index contributed by atoms with van der Waals surface area (Å²) in [6, 6.07) is 6.49. The lowest BCUT2D eigenvalue weighted by molar-refractivity contribution is 0.150. The Morgan fingerprint density at radius 1 is 1.33 bits per heavy atom. The van der Waals surface area contributed by atoms with E-state index in [1.165, 1.54) is 11.0 Å². The molecule has 2 heterocycles. The molecule has 0 radical (unpaired) electrons. The molecular weight excluding hydrogens is 273 g/mol. The number of halogens is 1. The highest BCUT2D eigenvalue weighted by Gasteiger charge is 2.18. The smallest absolute Gasteiger partial charge is 0.407 e. The molecule has 2 aromatic rings. The van der Waals surface area contributed by atoms with Crippen molar-refractivity contribution in [2.45, 2.75) is 6.42 Å². The van der Waals surface area contributed by atoms with Crippen LogP contribution in [0.3, 0.4) is 0 Å². The molecule has 0 saturated heterocycles. The van der Waals surface area contributed by atoms with E-state index in [-0.39, 0.29) is 5.82 Å². The fourth-order valence-corrected chi connectivity index (χ4v) is 2.36. The maximum Gasteiger partial charge on any atom is 0.407 e. The van der Waals surface area contributed by atoms with Gasteiger partial charge in [0.2, 0.25) is 0 Å². The molecule has 1 aromatic heterocycles. The predicted molar refractivity (Wildman–Crippen MR) is 75.7 cm³/mol. The van der Waals surface area contributed by atoms with Crippen LogP contribution in [0, 0.1) is 5.82 Å². The molecule has 0 spiro atoms. The molecule has 0 fully saturated rings. The second-order valence-electron chi connectivity index (χ2n) is 4.83. The molecule has 1 aliphatic heterocycles. The summed E-state index contributed by atoms with van der Waals surface area (Å²) < 4.78 is 15.4. The van der Waals surface area contributed by atoms with Gasteiger partial charge in [-0.05, 0) is 24.1 Å². The quantitative estimate of drug-likeness (QED) is 0.924. The van der Waals surface area contributed by atoms with E-state index in [0.29, 0.717) is 25.2 Å². The maximum atomic E-state index is 13.7. The fraction of sp³-hybridized carbons (Fsp3) is 0.200. The van der Waals surface area contributed by atoms with E-state index in [4.69, 9.17) is 5.11 Å². The minimum Gasteiger partial charge on any atom is -0.465 e. The molecule has 5 nitrogen and oxygen atoms in total. The maximum absolute atomic E-state index is 13.7. The van der Waals surface area contributed by atoms with Gasteiger partial charge in [0.05, 0.1) is 17.7 Å². The van der Waals surface area contributed by atoms with Crippen LogP contribution in [-0.2, 0) is 0 Å². The summed E-state index contributed by atoms with van der Waals surface area (Å²) >= 11 is 0. The number of hydrogen-bond acceptors (Lipinski definition) is 2. The third kappa shape index (κ3) is 2.65. The summed E-state index contributed by atoms with van der Waals surface area (Å²) in [7, 11) is 0. The van der Waals surface area contributed by atoms with Gasteiger partial charge in [0.15, 0.2) is 0 Å². The minimum atomic E-state index is -0.915. The zero-order valence-corrected chi connectivity index (χ0v) is 11.2. The highest BCUT2D eigenvalue weighted by molar-refractivity contribution is 5.70. The summed E-state index contributed by atoms with van der Waals surface area (Å²) in [5.41, 5.74) is 2.19. The first-order chi connectivity index (χ1) is 10.1. The monoisotopic (exact) mass is 287 g/mol. The standard InChI is InChI=1S/C15H14FN3O2/c16-12-3-1-2-4-14(12)19-9-13(17-10-19)11-5-7-18(8-6-11)15(20)21/h1-5,9-10H,6-8H2,(H,20,21). The van der Waals surface area contributed by atoms with Gasteiger partial charge < -0.3 is 14.6 Å². The van der Waals surface area contributed by atoms with Crippen LogP contribution < -0.4 is 0 Å². The highest BCUT2D eigenvalue weighted by Crippen LogP contribution is 2.22. The molecule has 0 saturated carbocycles. The number of imidazole rings is 1. The lowest BCUT2D eigenvalue weighted by Gasteiger charge is -2.22. The minimum absolute atomic E-state index is 0.309. The third-order valence-electron chi connectivity index (χ3n) is 3.52. The van der Waals surface area contributed by atoms with E-state index in [1.807, 2.05) is 6.08 Å². The number of carbonyl (C=O) groups is 1. The largest absolute Gasteiger partial charge is 0.465 e. The topological polar surface area (TPSA) is 58.4 Å². The van der Waals surface area contributed by atoms with Crippen molar-refractivity contribution in [2.24, 2.45) is 0 Å². The lowest BCUT2D eigenvalue weighted by Crippen LogP contribution is -2.33. The number of para-hydroxylation sites is 1. The van der Waals surface area contributed by atoms with Crippen LogP contribution >= 0.6 is 0 Å². The van der Waals surface area contributed by atoms with E-state index in [9.17, 15) is 9.18 Å². The molecule has 1 amide bonds. The summed E-state index contributed by atoms with van der Waals surface area (Å²) in [4.78, 5) is 16.5. The Balaban J connectivity index is 1.83. The number of hydrogen-bond donors (Lipinski definition) is 1. The van der Waals surface area contributed by atoms with Crippen LogP contribution in [0.4, 0.5) is 9.18 Å². The number of carboxylic acid groups (broad SMARTS) is 1. The molecule has 0 unspecified atom stereocenters. The van der Waals surface area contributed by atoms with Crippen LogP contribution in [0.2, 0.25) is 0 Å². The van der Waals surface area contributed by atoms with Crippen molar-refractivity contribution in [3.63, 3.8) is 0 Å². The SMILES string of the molecule is O=C(O)N1CC=C(c2cn(-c3ccccc3F)cn2)CC1. The van der Waals surface area contributed by atoms with Crippen molar-refractivity contribution in [1.29, 1.82) is 0 Å². The molecule has 1 N–H and O–H groups in total. The van der Waals surface area contributed by atoms with E-state index in [1.54, 1.807) is 35.3 Å². The van der Waals surface area contributed by atoms with Gasteiger partial charge in [-0.15, -0.1) is 0 Å². The zero-order chi connectivity index (χ0) is 14.8. The lowest BCUT2D eigenvalue weighted by atomic mass is 10.1. The summed E-state index contributed by atoms with van der Waals surface area (Å²) in [6.45, 7) is 0.810. The normalized spacial score (nSPS) is 14.9. The first-order valence-electron chi connectivity index (χ1n) is 6.61. The van der Waals surface area contributed by atoms with Crippen LogP contribution in [-0.4, -0.2) is 38.7 Å². The second kappa shape index (κ2) is 5.40. The summed E-state index contributed by atoms with van der Waals surface area (Å²) in [5.74, 6) is -0.309. The fourth-order valence-electron chi connectivity index (χ4n) is 2.36. The second-order valence-corrected chi connectivity index (χ2v) is 4.83.